The molecule has 3 unspecified atom stereocenters. The van der Waals surface area contributed by atoms with Crippen molar-refractivity contribution in [1.82, 2.24) is 5.32 Å². The summed E-state index contributed by atoms with van der Waals surface area (Å²) in [7, 11) is 0. The first kappa shape index (κ1) is 16.5. The molecule has 1 saturated carbocycles. The Kier molecular flexibility index (Phi) is 5.08. The lowest BCUT2D eigenvalue weighted by Gasteiger charge is -2.45. The minimum absolute atomic E-state index is 0.000833. The molecule has 1 aliphatic carbocycles. The van der Waals surface area contributed by atoms with Crippen LogP contribution in [0.1, 0.15) is 58.1 Å². The highest BCUT2D eigenvalue weighted by Crippen LogP contribution is 2.43. The third-order valence-electron chi connectivity index (χ3n) is 5.40. The van der Waals surface area contributed by atoms with Crippen LogP contribution in [-0.4, -0.2) is 12.6 Å². The number of aryl methyl sites for hydroxylation is 1. The van der Waals surface area contributed by atoms with Gasteiger partial charge in [0.2, 0.25) is 0 Å². The van der Waals surface area contributed by atoms with E-state index in [1.807, 2.05) is 6.07 Å². The van der Waals surface area contributed by atoms with Crippen LogP contribution in [0.3, 0.4) is 0 Å². The van der Waals surface area contributed by atoms with Crippen molar-refractivity contribution in [1.29, 1.82) is 0 Å². The molecule has 1 aliphatic rings. The van der Waals surface area contributed by atoms with Crippen LogP contribution in [0.15, 0.2) is 18.2 Å². The molecule has 1 N–H and O–H groups in total. The van der Waals surface area contributed by atoms with Gasteiger partial charge in [-0.25, -0.2) is 4.39 Å². The van der Waals surface area contributed by atoms with E-state index in [9.17, 15) is 4.39 Å². The minimum Gasteiger partial charge on any atom is -0.314 e. The smallest absolute Gasteiger partial charge is 0.123 e. The Labute approximate surface area is 129 Å². The highest BCUT2D eigenvalue weighted by atomic mass is 19.1. The highest BCUT2D eigenvalue weighted by molar-refractivity contribution is 5.34. The zero-order chi connectivity index (χ0) is 15.6. The highest BCUT2D eigenvalue weighted by Gasteiger charge is 2.40. The Bertz CT molecular complexity index is 480. The fraction of sp³-hybridized carbons (Fsp3) is 0.684. The molecule has 0 bridgehead atoms. The van der Waals surface area contributed by atoms with Gasteiger partial charge in [-0.15, -0.1) is 0 Å². The fourth-order valence-corrected chi connectivity index (χ4v) is 4.22. The van der Waals surface area contributed by atoms with Gasteiger partial charge in [-0.2, -0.15) is 0 Å². The monoisotopic (exact) mass is 291 g/mol. The third kappa shape index (κ3) is 3.48. The van der Waals surface area contributed by atoms with Gasteiger partial charge in [0.15, 0.2) is 0 Å². The lowest BCUT2D eigenvalue weighted by atomic mass is 9.63. The van der Waals surface area contributed by atoms with Crippen LogP contribution in [0.5, 0.6) is 0 Å². The largest absolute Gasteiger partial charge is 0.314 e. The topological polar surface area (TPSA) is 12.0 Å². The van der Waals surface area contributed by atoms with Crippen LogP contribution in [0, 0.1) is 24.6 Å². The molecular formula is C19H30FN. The second kappa shape index (κ2) is 6.48. The quantitative estimate of drug-likeness (QED) is 0.838. The van der Waals surface area contributed by atoms with Gasteiger partial charge in [-0.3, -0.25) is 0 Å². The average molecular weight is 291 g/mol. The van der Waals surface area contributed by atoms with E-state index >= 15 is 0 Å². The van der Waals surface area contributed by atoms with Crippen molar-refractivity contribution in [3.05, 3.63) is 35.1 Å². The molecule has 0 radical (unpaired) electrons. The Morgan fingerprint density at radius 2 is 2.00 bits per heavy atom. The van der Waals surface area contributed by atoms with Crippen LogP contribution in [0.2, 0.25) is 0 Å². The number of nitrogens with one attached hydrogen (secondary N) is 1. The summed E-state index contributed by atoms with van der Waals surface area (Å²) in [5.74, 6) is 1.23. The maximum Gasteiger partial charge on any atom is 0.123 e. The molecule has 3 atom stereocenters. The maximum atomic E-state index is 13.7. The first-order valence-electron chi connectivity index (χ1n) is 8.36. The predicted octanol–water partition coefficient (Wildman–Crippen LogP) is 4.83. The van der Waals surface area contributed by atoms with Crippen molar-refractivity contribution in [2.45, 2.75) is 65.3 Å². The van der Waals surface area contributed by atoms with E-state index in [2.05, 4.69) is 39.9 Å². The first-order chi connectivity index (χ1) is 9.86. The van der Waals surface area contributed by atoms with Crippen molar-refractivity contribution in [3.8, 4) is 0 Å². The normalized spacial score (nSPS) is 26.9. The van der Waals surface area contributed by atoms with Gasteiger partial charge in [0.05, 0.1) is 0 Å². The number of rotatable bonds is 4. The molecule has 1 fully saturated rings. The van der Waals surface area contributed by atoms with E-state index in [1.165, 1.54) is 30.4 Å². The lowest BCUT2D eigenvalue weighted by molar-refractivity contribution is 0.146. The summed E-state index contributed by atoms with van der Waals surface area (Å²) in [6.07, 6.45) is 3.74. The summed E-state index contributed by atoms with van der Waals surface area (Å²) in [5, 5.41) is 3.68. The fourth-order valence-electron chi connectivity index (χ4n) is 4.22. The third-order valence-corrected chi connectivity index (χ3v) is 5.40. The summed E-state index contributed by atoms with van der Waals surface area (Å²) in [4.78, 5) is 0. The predicted molar refractivity (Wildman–Crippen MR) is 88.1 cm³/mol. The molecule has 1 nitrogen and oxygen atoms in total. The summed E-state index contributed by atoms with van der Waals surface area (Å²) < 4.78 is 13.7. The standard InChI is InChI=1S/C19H30FN/c1-6-21-18-11-13(2)7-10-16(18)19(4,5)17-12-15(20)9-8-14(17)3/h8-9,12-13,16,18,21H,6-7,10-11H2,1-5H3. The van der Waals surface area contributed by atoms with Crippen molar-refractivity contribution in [2.24, 2.45) is 11.8 Å². The van der Waals surface area contributed by atoms with Crippen molar-refractivity contribution in [2.75, 3.05) is 6.54 Å². The average Bonchev–Trinajstić information content (AvgIpc) is 2.41. The van der Waals surface area contributed by atoms with Gasteiger partial charge in [0.1, 0.15) is 5.82 Å². The molecule has 1 aromatic carbocycles. The minimum atomic E-state index is -0.118. The van der Waals surface area contributed by atoms with Gasteiger partial charge in [-0.05, 0) is 66.8 Å². The van der Waals surface area contributed by atoms with Gasteiger partial charge in [-0.1, -0.05) is 40.2 Å². The van der Waals surface area contributed by atoms with E-state index in [4.69, 9.17) is 0 Å². The Morgan fingerprint density at radius 1 is 1.29 bits per heavy atom. The molecule has 21 heavy (non-hydrogen) atoms. The second-order valence-corrected chi connectivity index (χ2v) is 7.37. The zero-order valence-electron chi connectivity index (χ0n) is 14.2. The number of halogens is 1. The van der Waals surface area contributed by atoms with E-state index in [0.29, 0.717) is 12.0 Å². The summed E-state index contributed by atoms with van der Waals surface area (Å²) in [6, 6.07) is 5.77. The Morgan fingerprint density at radius 3 is 2.67 bits per heavy atom. The van der Waals surface area contributed by atoms with E-state index in [-0.39, 0.29) is 11.2 Å². The van der Waals surface area contributed by atoms with Crippen LogP contribution in [0.4, 0.5) is 4.39 Å². The molecule has 0 saturated heterocycles. The van der Waals surface area contributed by atoms with Crippen LogP contribution in [0.25, 0.3) is 0 Å². The van der Waals surface area contributed by atoms with Gasteiger partial charge < -0.3 is 5.32 Å². The lowest BCUT2D eigenvalue weighted by Crippen LogP contribution is -2.48. The SMILES string of the molecule is CCNC1CC(C)CCC1C(C)(C)c1cc(F)ccc1C. The van der Waals surface area contributed by atoms with E-state index in [1.54, 1.807) is 12.1 Å². The number of hydrogen-bond acceptors (Lipinski definition) is 1. The van der Waals surface area contributed by atoms with Crippen molar-refractivity contribution >= 4 is 0 Å². The van der Waals surface area contributed by atoms with Crippen LogP contribution >= 0.6 is 0 Å². The zero-order valence-corrected chi connectivity index (χ0v) is 14.2. The van der Waals surface area contributed by atoms with Gasteiger partial charge in [0.25, 0.3) is 0 Å². The Hall–Kier alpha value is -0.890. The van der Waals surface area contributed by atoms with Gasteiger partial charge in [0, 0.05) is 6.04 Å². The molecule has 2 rings (SSSR count). The van der Waals surface area contributed by atoms with E-state index in [0.717, 1.165) is 12.5 Å². The molecular weight excluding hydrogens is 261 g/mol. The molecule has 0 aromatic heterocycles. The summed E-state index contributed by atoms with van der Waals surface area (Å²) in [5.41, 5.74) is 2.37. The molecule has 118 valence electrons. The maximum absolute atomic E-state index is 13.7. The molecule has 0 amide bonds. The molecule has 0 aliphatic heterocycles. The number of benzene rings is 1. The number of hydrogen-bond donors (Lipinski definition) is 1. The van der Waals surface area contributed by atoms with Crippen LogP contribution in [-0.2, 0) is 5.41 Å². The van der Waals surface area contributed by atoms with Crippen molar-refractivity contribution < 1.29 is 4.39 Å². The van der Waals surface area contributed by atoms with Crippen molar-refractivity contribution in [3.63, 3.8) is 0 Å². The molecule has 1 aromatic rings. The van der Waals surface area contributed by atoms with E-state index < -0.39 is 0 Å². The van der Waals surface area contributed by atoms with Crippen LogP contribution < -0.4 is 5.32 Å². The summed E-state index contributed by atoms with van der Waals surface area (Å²) in [6.45, 7) is 12.2. The molecule has 2 heteroatoms. The second-order valence-electron chi connectivity index (χ2n) is 7.37. The summed E-state index contributed by atoms with van der Waals surface area (Å²) >= 11 is 0. The molecule has 0 spiro atoms. The Balaban J connectivity index is 2.33. The molecule has 0 heterocycles. The van der Waals surface area contributed by atoms with Gasteiger partial charge >= 0.3 is 0 Å². The first-order valence-corrected chi connectivity index (χ1v) is 8.36.